The van der Waals surface area contributed by atoms with Crippen LogP contribution in [0.1, 0.15) is 23.1 Å². The van der Waals surface area contributed by atoms with Gasteiger partial charge in [0, 0.05) is 18.2 Å². The number of anilines is 1. The van der Waals surface area contributed by atoms with E-state index in [-0.39, 0.29) is 36.3 Å². The summed E-state index contributed by atoms with van der Waals surface area (Å²) in [5, 5.41) is 18.3. The number of ether oxygens (including phenoxy) is 1. The zero-order chi connectivity index (χ0) is 20.9. The first-order chi connectivity index (χ1) is 14.4. The molecule has 5 rings (SSSR count). The molecule has 0 aliphatic carbocycles. The minimum absolute atomic E-state index is 0.0162. The Kier molecular flexibility index (Phi) is 4.65. The molecule has 5 heterocycles. The highest BCUT2D eigenvalue weighted by Crippen LogP contribution is 2.28. The van der Waals surface area contributed by atoms with Crippen LogP contribution >= 0.6 is 11.8 Å². The topological polar surface area (TPSA) is 99.2 Å². The molecule has 1 N–H and O–H groups in total. The van der Waals surface area contributed by atoms with Crippen LogP contribution in [0.3, 0.4) is 0 Å². The van der Waals surface area contributed by atoms with E-state index in [1.54, 1.807) is 17.8 Å². The molecule has 158 valence electrons. The average molecular weight is 439 g/mol. The van der Waals surface area contributed by atoms with Crippen molar-refractivity contribution in [2.45, 2.75) is 30.4 Å². The number of alkyl halides is 3. The van der Waals surface area contributed by atoms with Crippen LogP contribution in [0.2, 0.25) is 0 Å². The third-order valence-electron chi connectivity index (χ3n) is 5.08. The van der Waals surface area contributed by atoms with Crippen molar-refractivity contribution in [1.29, 1.82) is 0 Å². The highest BCUT2D eigenvalue weighted by atomic mass is 32.2. The molecular weight excluding hydrogens is 423 g/mol. The van der Waals surface area contributed by atoms with Gasteiger partial charge in [0.25, 0.3) is 11.4 Å². The number of halogens is 3. The Labute approximate surface area is 171 Å². The second-order valence-corrected chi connectivity index (χ2v) is 8.17. The fraction of sp³-hybridized carbons (Fsp3) is 0.471. The summed E-state index contributed by atoms with van der Waals surface area (Å²) in [6.07, 6.45) is -3.89. The minimum atomic E-state index is -4.68. The second-order valence-electron chi connectivity index (χ2n) is 7.07. The predicted octanol–water partition coefficient (Wildman–Crippen LogP) is 1.54. The standard InChI is InChI=1S/C17H16F3N7O2S/c18-17(19,20)16-23-22-14-2-1-13(25-27(14)16)21-11-6-29-7-12(11)26-15(28)5-9-8-30-4-3-10(9)24-26/h1-2,5,11-12H,3-4,6-8H2,(H,21,25). The molecule has 0 aromatic carbocycles. The van der Waals surface area contributed by atoms with Gasteiger partial charge >= 0.3 is 6.18 Å². The number of aryl methyl sites for hydroxylation is 1. The van der Waals surface area contributed by atoms with Crippen molar-refractivity contribution >= 4 is 23.2 Å². The van der Waals surface area contributed by atoms with Crippen molar-refractivity contribution < 1.29 is 17.9 Å². The molecule has 0 bridgehead atoms. The lowest BCUT2D eigenvalue weighted by molar-refractivity contribution is -0.146. The normalized spacial score (nSPS) is 21.7. The van der Waals surface area contributed by atoms with Crippen LogP contribution in [0.25, 0.3) is 5.65 Å². The number of hydrogen-bond acceptors (Lipinski definition) is 8. The van der Waals surface area contributed by atoms with E-state index in [2.05, 4.69) is 25.7 Å². The van der Waals surface area contributed by atoms with Gasteiger partial charge < -0.3 is 10.1 Å². The van der Waals surface area contributed by atoms with E-state index < -0.39 is 18.0 Å². The lowest BCUT2D eigenvalue weighted by atomic mass is 10.1. The van der Waals surface area contributed by atoms with Crippen molar-refractivity contribution in [3.05, 3.63) is 45.6 Å². The predicted molar refractivity (Wildman–Crippen MR) is 101 cm³/mol. The molecule has 2 aliphatic heterocycles. The van der Waals surface area contributed by atoms with Crippen LogP contribution in [0.15, 0.2) is 23.0 Å². The van der Waals surface area contributed by atoms with E-state index in [9.17, 15) is 18.0 Å². The molecular formula is C17H16F3N7O2S. The minimum Gasteiger partial charge on any atom is -0.377 e. The third-order valence-corrected chi connectivity index (χ3v) is 6.09. The van der Waals surface area contributed by atoms with Crippen LogP contribution in [0.5, 0.6) is 0 Å². The number of aromatic nitrogens is 6. The zero-order valence-corrected chi connectivity index (χ0v) is 16.3. The Bertz CT molecular complexity index is 1160. The van der Waals surface area contributed by atoms with Gasteiger partial charge in [-0.1, -0.05) is 0 Å². The van der Waals surface area contributed by atoms with Gasteiger partial charge in [0.15, 0.2) is 5.65 Å². The maximum absolute atomic E-state index is 13.1. The number of hydrogen-bond donors (Lipinski definition) is 1. The summed E-state index contributed by atoms with van der Waals surface area (Å²) in [4.78, 5) is 12.6. The van der Waals surface area contributed by atoms with Gasteiger partial charge in [0.2, 0.25) is 0 Å². The second kappa shape index (κ2) is 7.23. The van der Waals surface area contributed by atoms with Crippen LogP contribution < -0.4 is 10.9 Å². The van der Waals surface area contributed by atoms with Gasteiger partial charge in [-0.05, 0) is 23.4 Å². The van der Waals surface area contributed by atoms with E-state index >= 15 is 0 Å². The van der Waals surface area contributed by atoms with Crippen molar-refractivity contribution in [2.75, 3.05) is 24.3 Å². The average Bonchev–Trinajstić information content (AvgIpc) is 3.34. The van der Waals surface area contributed by atoms with Gasteiger partial charge in [-0.3, -0.25) is 4.79 Å². The number of nitrogens with zero attached hydrogens (tertiary/aromatic N) is 6. The summed E-state index contributed by atoms with van der Waals surface area (Å²) < 4.78 is 46.9. The monoisotopic (exact) mass is 439 g/mol. The number of rotatable bonds is 3. The molecule has 2 unspecified atom stereocenters. The summed E-state index contributed by atoms with van der Waals surface area (Å²) in [6.45, 7) is 0.528. The molecule has 3 aromatic rings. The van der Waals surface area contributed by atoms with Crippen LogP contribution in [-0.4, -0.2) is 54.6 Å². The lowest BCUT2D eigenvalue weighted by Crippen LogP contribution is -2.38. The van der Waals surface area contributed by atoms with Crippen molar-refractivity contribution in [1.82, 2.24) is 29.6 Å². The summed E-state index contributed by atoms with van der Waals surface area (Å²) in [6, 6.07) is 3.73. The number of fused-ring (bicyclic) bond motifs is 2. The van der Waals surface area contributed by atoms with Crippen LogP contribution in [-0.2, 0) is 23.1 Å². The molecule has 1 fully saturated rings. The molecule has 0 spiro atoms. The Hall–Kier alpha value is -2.67. The molecule has 13 heteroatoms. The molecule has 9 nitrogen and oxygen atoms in total. The summed E-state index contributed by atoms with van der Waals surface area (Å²) in [5.41, 5.74) is 1.62. The summed E-state index contributed by atoms with van der Waals surface area (Å²) >= 11 is 1.77. The molecule has 1 saturated heterocycles. The van der Waals surface area contributed by atoms with Crippen LogP contribution in [0.4, 0.5) is 19.0 Å². The Morgan fingerprint density at radius 3 is 2.90 bits per heavy atom. The van der Waals surface area contributed by atoms with Crippen molar-refractivity contribution in [2.24, 2.45) is 0 Å². The van der Waals surface area contributed by atoms with Gasteiger partial charge in [-0.2, -0.15) is 34.5 Å². The molecule has 0 radical (unpaired) electrons. The van der Waals surface area contributed by atoms with E-state index in [0.29, 0.717) is 4.52 Å². The molecule has 0 amide bonds. The zero-order valence-electron chi connectivity index (χ0n) is 15.5. The Morgan fingerprint density at radius 1 is 1.20 bits per heavy atom. The highest BCUT2D eigenvalue weighted by Gasteiger charge is 2.38. The summed E-state index contributed by atoms with van der Waals surface area (Å²) in [7, 11) is 0. The largest absolute Gasteiger partial charge is 0.453 e. The highest BCUT2D eigenvalue weighted by molar-refractivity contribution is 7.98. The molecule has 3 aromatic heterocycles. The Morgan fingerprint density at radius 2 is 2.07 bits per heavy atom. The number of nitrogens with one attached hydrogen (secondary N) is 1. The fourth-order valence-electron chi connectivity index (χ4n) is 3.62. The molecule has 2 aliphatic rings. The first-order valence-corrected chi connectivity index (χ1v) is 10.4. The first kappa shape index (κ1) is 19.3. The SMILES string of the molecule is O=c1cc2c(nn1C1COCC1Nc1ccc3nnc(C(F)(F)F)n3n1)CCSC2. The van der Waals surface area contributed by atoms with E-state index in [1.807, 2.05) is 0 Å². The van der Waals surface area contributed by atoms with Gasteiger partial charge in [0.1, 0.15) is 11.9 Å². The molecule has 2 atom stereocenters. The van der Waals surface area contributed by atoms with E-state index in [0.717, 1.165) is 29.2 Å². The van der Waals surface area contributed by atoms with E-state index in [1.165, 1.54) is 16.8 Å². The lowest BCUT2D eigenvalue weighted by Gasteiger charge is -2.23. The maximum atomic E-state index is 13.1. The Balaban J connectivity index is 1.44. The molecule has 0 saturated carbocycles. The fourth-order valence-corrected chi connectivity index (χ4v) is 4.57. The number of thioether (sulfide) groups is 1. The third kappa shape index (κ3) is 3.41. The van der Waals surface area contributed by atoms with Crippen LogP contribution in [0, 0.1) is 0 Å². The quantitative estimate of drug-likeness (QED) is 0.656. The summed E-state index contributed by atoms with van der Waals surface area (Å²) in [5.74, 6) is 0.707. The molecule has 30 heavy (non-hydrogen) atoms. The van der Waals surface area contributed by atoms with Gasteiger partial charge in [-0.25, -0.2) is 4.68 Å². The maximum Gasteiger partial charge on any atom is 0.453 e. The van der Waals surface area contributed by atoms with E-state index in [4.69, 9.17) is 4.74 Å². The van der Waals surface area contributed by atoms with Gasteiger partial charge in [0.05, 0.1) is 24.9 Å². The van der Waals surface area contributed by atoms with Crippen molar-refractivity contribution in [3.8, 4) is 0 Å². The van der Waals surface area contributed by atoms with Gasteiger partial charge in [-0.15, -0.1) is 15.3 Å². The van der Waals surface area contributed by atoms with Crippen molar-refractivity contribution in [3.63, 3.8) is 0 Å². The first-order valence-electron chi connectivity index (χ1n) is 9.23. The smallest absolute Gasteiger partial charge is 0.377 e.